The fourth-order valence-electron chi connectivity index (χ4n) is 3.20. The summed E-state index contributed by atoms with van der Waals surface area (Å²) < 4.78 is 12.4. The van der Waals surface area contributed by atoms with E-state index in [9.17, 15) is 4.79 Å². The van der Waals surface area contributed by atoms with Crippen LogP contribution < -0.4 is 10.1 Å². The molecule has 6 heteroatoms. The molecular weight excluding hydrogens is 456 g/mol. The molecule has 1 amide bonds. The Kier molecular flexibility index (Phi) is 6.37. The SMILES string of the molecule is CCC(C)c1ccc(OCC(=O)Nc2ccc3oc(-c4ccc(Br)cc4)nc3c2)cc1. The number of fused-ring (bicyclic) bond motifs is 1. The lowest BCUT2D eigenvalue weighted by Crippen LogP contribution is -2.20. The molecule has 0 aliphatic carbocycles. The third kappa shape index (κ3) is 5.14. The quantitative estimate of drug-likeness (QED) is 0.317. The lowest BCUT2D eigenvalue weighted by Gasteiger charge is -2.11. The monoisotopic (exact) mass is 478 g/mol. The predicted octanol–water partition coefficient (Wildman–Crippen LogP) is 6.79. The van der Waals surface area contributed by atoms with Crippen molar-refractivity contribution < 1.29 is 13.9 Å². The van der Waals surface area contributed by atoms with Crippen molar-refractivity contribution in [3.8, 4) is 17.2 Å². The summed E-state index contributed by atoms with van der Waals surface area (Å²) in [5.41, 5.74) is 4.13. The highest BCUT2D eigenvalue weighted by atomic mass is 79.9. The fourth-order valence-corrected chi connectivity index (χ4v) is 3.46. The molecule has 1 atom stereocenters. The van der Waals surface area contributed by atoms with Crippen LogP contribution in [0.25, 0.3) is 22.6 Å². The van der Waals surface area contributed by atoms with Gasteiger partial charge in [0.25, 0.3) is 5.91 Å². The Morgan fingerprint density at radius 2 is 1.84 bits per heavy atom. The van der Waals surface area contributed by atoms with E-state index >= 15 is 0 Å². The van der Waals surface area contributed by atoms with Gasteiger partial charge in [-0.2, -0.15) is 0 Å². The van der Waals surface area contributed by atoms with Crippen molar-refractivity contribution in [1.82, 2.24) is 4.98 Å². The van der Waals surface area contributed by atoms with E-state index in [1.165, 1.54) is 5.56 Å². The highest BCUT2D eigenvalue weighted by Crippen LogP contribution is 2.27. The maximum absolute atomic E-state index is 12.3. The first-order valence-corrected chi connectivity index (χ1v) is 11.0. The number of halogens is 1. The van der Waals surface area contributed by atoms with Crippen molar-refractivity contribution in [2.24, 2.45) is 0 Å². The van der Waals surface area contributed by atoms with Crippen molar-refractivity contribution in [3.05, 3.63) is 76.8 Å². The number of hydrogen-bond acceptors (Lipinski definition) is 4. The number of carbonyl (C=O) groups is 1. The molecule has 158 valence electrons. The number of amides is 1. The molecular formula is C25H23BrN2O3. The summed E-state index contributed by atoms with van der Waals surface area (Å²) in [6.45, 7) is 4.29. The summed E-state index contributed by atoms with van der Waals surface area (Å²) in [6, 6.07) is 21.0. The Labute approximate surface area is 189 Å². The Balaban J connectivity index is 1.38. The first kappa shape index (κ1) is 21.1. The van der Waals surface area contributed by atoms with Crippen LogP contribution in [0.5, 0.6) is 5.75 Å². The second-order valence-electron chi connectivity index (χ2n) is 7.42. The minimum atomic E-state index is -0.234. The average molecular weight is 479 g/mol. The summed E-state index contributed by atoms with van der Waals surface area (Å²) in [6.07, 6.45) is 1.09. The summed E-state index contributed by atoms with van der Waals surface area (Å²) in [5.74, 6) is 1.48. The van der Waals surface area contributed by atoms with Crippen LogP contribution in [0, 0.1) is 0 Å². The van der Waals surface area contributed by atoms with Gasteiger partial charge in [0.15, 0.2) is 12.2 Å². The Hall–Kier alpha value is -3.12. The highest BCUT2D eigenvalue weighted by Gasteiger charge is 2.11. The van der Waals surface area contributed by atoms with E-state index in [-0.39, 0.29) is 12.5 Å². The highest BCUT2D eigenvalue weighted by molar-refractivity contribution is 9.10. The van der Waals surface area contributed by atoms with Crippen LogP contribution in [0.3, 0.4) is 0 Å². The Bertz CT molecular complexity index is 1180. The smallest absolute Gasteiger partial charge is 0.262 e. The van der Waals surface area contributed by atoms with Gasteiger partial charge in [-0.05, 0) is 72.5 Å². The fraction of sp³-hybridized carbons (Fsp3) is 0.200. The lowest BCUT2D eigenvalue weighted by molar-refractivity contribution is -0.118. The molecule has 4 rings (SSSR count). The molecule has 0 spiro atoms. The number of rotatable bonds is 7. The number of carbonyl (C=O) groups excluding carboxylic acids is 1. The van der Waals surface area contributed by atoms with Crippen LogP contribution >= 0.6 is 15.9 Å². The van der Waals surface area contributed by atoms with Crippen LogP contribution in [-0.2, 0) is 4.79 Å². The number of nitrogens with one attached hydrogen (secondary N) is 1. The largest absolute Gasteiger partial charge is 0.484 e. The molecule has 3 aromatic carbocycles. The summed E-state index contributed by atoms with van der Waals surface area (Å²) in [5, 5.41) is 2.85. The number of ether oxygens (including phenoxy) is 1. The first-order valence-electron chi connectivity index (χ1n) is 10.2. The van der Waals surface area contributed by atoms with E-state index in [2.05, 4.69) is 40.1 Å². The molecule has 0 saturated carbocycles. The summed E-state index contributed by atoms with van der Waals surface area (Å²) >= 11 is 3.42. The van der Waals surface area contributed by atoms with Gasteiger partial charge in [0.05, 0.1) is 0 Å². The van der Waals surface area contributed by atoms with Gasteiger partial charge in [-0.3, -0.25) is 4.79 Å². The minimum absolute atomic E-state index is 0.0658. The molecule has 1 N–H and O–H groups in total. The van der Waals surface area contributed by atoms with Gasteiger partial charge in [-0.15, -0.1) is 0 Å². The molecule has 31 heavy (non-hydrogen) atoms. The average Bonchev–Trinajstić information content (AvgIpc) is 3.21. The zero-order chi connectivity index (χ0) is 21.8. The molecule has 0 radical (unpaired) electrons. The van der Waals surface area contributed by atoms with Crippen molar-refractivity contribution in [2.75, 3.05) is 11.9 Å². The van der Waals surface area contributed by atoms with Crippen molar-refractivity contribution in [2.45, 2.75) is 26.2 Å². The minimum Gasteiger partial charge on any atom is -0.484 e. The van der Waals surface area contributed by atoms with Crippen LogP contribution in [-0.4, -0.2) is 17.5 Å². The number of hydrogen-bond donors (Lipinski definition) is 1. The predicted molar refractivity (Wildman–Crippen MR) is 126 cm³/mol. The standard InChI is InChI=1S/C25H23BrN2O3/c1-3-16(2)17-6-11-21(12-7-17)30-15-24(29)27-20-10-13-23-22(14-20)28-25(31-23)18-4-8-19(26)9-5-18/h4-14,16H,3,15H2,1-2H3,(H,27,29). The third-order valence-electron chi connectivity index (χ3n) is 5.19. The number of nitrogens with zero attached hydrogens (tertiary/aromatic N) is 1. The van der Waals surface area contributed by atoms with Crippen LogP contribution in [0.15, 0.2) is 75.6 Å². The molecule has 0 aliphatic rings. The van der Waals surface area contributed by atoms with Gasteiger partial charge in [-0.25, -0.2) is 4.98 Å². The van der Waals surface area contributed by atoms with E-state index in [1.54, 1.807) is 18.2 Å². The van der Waals surface area contributed by atoms with Crippen LogP contribution in [0.4, 0.5) is 5.69 Å². The molecule has 5 nitrogen and oxygen atoms in total. The molecule has 0 saturated heterocycles. The second kappa shape index (κ2) is 9.35. The molecule has 1 unspecified atom stereocenters. The van der Waals surface area contributed by atoms with Crippen LogP contribution in [0.1, 0.15) is 31.7 Å². The van der Waals surface area contributed by atoms with E-state index in [4.69, 9.17) is 9.15 Å². The zero-order valence-corrected chi connectivity index (χ0v) is 19.0. The van der Waals surface area contributed by atoms with Crippen molar-refractivity contribution in [1.29, 1.82) is 0 Å². The summed E-state index contributed by atoms with van der Waals surface area (Å²) in [7, 11) is 0. The summed E-state index contributed by atoms with van der Waals surface area (Å²) in [4.78, 5) is 16.9. The van der Waals surface area contributed by atoms with E-state index in [0.29, 0.717) is 34.3 Å². The van der Waals surface area contributed by atoms with Gasteiger partial charge in [0.2, 0.25) is 5.89 Å². The van der Waals surface area contributed by atoms with Gasteiger partial charge in [0.1, 0.15) is 11.3 Å². The molecule has 4 aromatic rings. The van der Waals surface area contributed by atoms with E-state index in [1.807, 2.05) is 48.5 Å². The number of aromatic nitrogens is 1. The first-order chi connectivity index (χ1) is 15.0. The topological polar surface area (TPSA) is 64.4 Å². The Morgan fingerprint density at radius 3 is 2.55 bits per heavy atom. The lowest BCUT2D eigenvalue weighted by atomic mass is 9.99. The molecule has 1 aromatic heterocycles. The Morgan fingerprint density at radius 1 is 1.10 bits per heavy atom. The van der Waals surface area contributed by atoms with Crippen molar-refractivity contribution >= 4 is 38.6 Å². The van der Waals surface area contributed by atoms with Crippen molar-refractivity contribution in [3.63, 3.8) is 0 Å². The van der Waals surface area contributed by atoms with E-state index < -0.39 is 0 Å². The third-order valence-corrected chi connectivity index (χ3v) is 5.72. The van der Waals surface area contributed by atoms with Crippen LogP contribution in [0.2, 0.25) is 0 Å². The molecule has 1 heterocycles. The van der Waals surface area contributed by atoms with Gasteiger partial charge in [-0.1, -0.05) is 41.9 Å². The molecule has 0 fully saturated rings. The zero-order valence-electron chi connectivity index (χ0n) is 17.4. The molecule has 0 bridgehead atoms. The maximum Gasteiger partial charge on any atom is 0.262 e. The maximum atomic E-state index is 12.3. The van der Waals surface area contributed by atoms with E-state index in [0.717, 1.165) is 16.5 Å². The number of anilines is 1. The second-order valence-corrected chi connectivity index (χ2v) is 8.34. The molecule has 0 aliphatic heterocycles. The number of benzene rings is 3. The number of oxazole rings is 1. The van der Waals surface area contributed by atoms with Gasteiger partial charge >= 0.3 is 0 Å². The normalized spacial score (nSPS) is 12.0. The van der Waals surface area contributed by atoms with Gasteiger partial charge < -0.3 is 14.5 Å². The van der Waals surface area contributed by atoms with Gasteiger partial charge in [0, 0.05) is 15.7 Å².